The Morgan fingerprint density at radius 1 is 1.41 bits per heavy atom. The second-order valence-electron chi connectivity index (χ2n) is 7.51. The van der Waals surface area contributed by atoms with Crippen LogP contribution in [0, 0.1) is 0 Å². The first kappa shape index (κ1) is 18.9. The number of piperidine rings is 1. The number of hydrogen-bond donors (Lipinski definition) is 3. The molecule has 1 unspecified atom stereocenters. The van der Waals surface area contributed by atoms with Crippen molar-refractivity contribution >= 4 is 23.2 Å². The van der Waals surface area contributed by atoms with Gasteiger partial charge in [0.15, 0.2) is 0 Å². The Kier molecular flexibility index (Phi) is 5.50. The molecule has 2 fully saturated rings. The lowest BCUT2D eigenvalue weighted by Crippen LogP contribution is -2.51. The van der Waals surface area contributed by atoms with Gasteiger partial charge in [-0.25, -0.2) is 0 Å². The molecular weight excluding hydrogens is 366 g/mol. The molecule has 4 rings (SSSR count). The summed E-state index contributed by atoms with van der Waals surface area (Å²) < 4.78 is 6.25. The second kappa shape index (κ2) is 7.87. The van der Waals surface area contributed by atoms with Crippen molar-refractivity contribution in [3.8, 4) is 0 Å². The van der Waals surface area contributed by atoms with Crippen LogP contribution in [0.2, 0.25) is 0 Å². The van der Waals surface area contributed by atoms with Crippen molar-refractivity contribution in [3.05, 3.63) is 21.4 Å². The maximum absolute atomic E-state index is 12.7. The zero-order valence-corrected chi connectivity index (χ0v) is 16.3. The Balaban J connectivity index is 1.47. The first-order valence-corrected chi connectivity index (χ1v) is 10.6. The van der Waals surface area contributed by atoms with Crippen molar-refractivity contribution < 1.29 is 19.4 Å². The van der Waals surface area contributed by atoms with Gasteiger partial charge in [0.1, 0.15) is 5.60 Å². The molecule has 1 aromatic rings. The Hall–Kier alpha value is -1.48. The third kappa shape index (κ3) is 3.63. The number of likely N-dealkylation sites (tertiary alicyclic amines) is 1. The van der Waals surface area contributed by atoms with Crippen molar-refractivity contribution in [1.82, 2.24) is 15.5 Å². The summed E-state index contributed by atoms with van der Waals surface area (Å²) in [5.74, 6) is 0.0761. The quantitative estimate of drug-likeness (QED) is 0.697. The number of amides is 2. The van der Waals surface area contributed by atoms with Gasteiger partial charge in [-0.05, 0) is 50.3 Å². The maximum Gasteiger partial charge on any atom is 0.261 e. The lowest BCUT2D eigenvalue weighted by atomic mass is 9.85. The van der Waals surface area contributed by atoms with E-state index in [1.165, 1.54) is 16.9 Å². The molecule has 0 saturated carbocycles. The van der Waals surface area contributed by atoms with Crippen LogP contribution in [-0.4, -0.2) is 67.3 Å². The third-order valence-corrected chi connectivity index (χ3v) is 7.20. The Bertz CT molecular complexity index is 706. The molecular formula is C19H27N3O4S. The minimum Gasteiger partial charge on any atom is -0.395 e. The largest absolute Gasteiger partial charge is 0.395 e. The summed E-state index contributed by atoms with van der Waals surface area (Å²) in [6, 6.07) is 1.95. The Morgan fingerprint density at radius 3 is 2.93 bits per heavy atom. The first-order chi connectivity index (χ1) is 13.1. The van der Waals surface area contributed by atoms with Crippen LogP contribution in [0.1, 0.15) is 45.8 Å². The highest BCUT2D eigenvalue weighted by molar-refractivity contribution is 7.14. The number of hydrogen-bond acceptors (Lipinski definition) is 6. The minimum atomic E-state index is -0.367. The normalized spacial score (nSPS) is 24.0. The van der Waals surface area contributed by atoms with Gasteiger partial charge in [-0.1, -0.05) is 0 Å². The molecule has 0 radical (unpaired) electrons. The van der Waals surface area contributed by atoms with Gasteiger partial charge in [0.05, 0.1) is 24.1 Å². The first-order valence-electron chi connectivity index (χ1n) is 9.81. The van der Waals surface area contributed by atoms with Crippen molar-refractivity contribution in [3.63, 3.8) is 0 Å². The molecule has 3 aliphatic heterocycles. The number of nitrogens with one attached hydrogen (secondary N) is 2. The predicted octanol–water partition coefficient (Wildman–Crippen LogP) is 0.613. The fourth-order valence-electron chi connectivity index (χ4n) is 4.37. The van der Waals surface area contributed by atoms with Crippen LogP contribution >= 0.6 is 11.3 Å². The van der Waals surface area contributed by atoms with Crippen LogP contribution in [0.4, 0.5) is 0 Å². The Labute approximate surface area is 163 Å². The molecule has 2 amide bonds. The van der Waals surface area contributed by atoms with E-state index < -0.39 is 0 Å². The summed E-state index contributed by atoms with van der Waals surface area (Å²) in [5.41, 5.74) is 0.825. The zero-order valence-electron chi connectivity index (χ0n) is 15.5. The van der Waals surface area contributed by atoms with Crippen molar-refractivity contribution in [2.24, 2.45) is 0 Å². The van der Waals surface area contributed by atoms with Crippen LogP contribution in [0.3, 0.4) is 0 Å². The Morgan fingerprint density at radius 2 is 2.22 bits per heavy atom. The van der Waals surface area contributed by atoms with Crippen LogP contribution in [-0.2, 0) is 21.6 Å². The van der Waals surface area contributed by atoms with Gasteiger partial charge < -0.3 is 25.4 Å². The van der Waals surface area contributed by atoms with Crippen LogP contribution in [0.25, 0.3) is 0 Å². The van der Waals surface area contributed by atoms with Crippen LogP contribution in [0.15, 0.2) is 6.07 Å². The average molecular weight is 394 g/mol. The standard InChI is InChI=1S/C19H27N3O4S/c23-10-7-21-17(24)15-12-13-3-11-26-19(16(13)27-15)4-8-22(9-5-19)18(25)14-2-1-6-20-14/h12,14,20,23H,1-11H2,(H,21,24). The fourth-order valence-corrected chi connectivity index (χ4v) is 5.69. The number of aliphatic hydroxyl groups excluding tert-OH is 1. The van der Waals surface area contributed by atoms with E-state index in [4.69, 9.17) is 9.84 Å². The molecule has 0 aromatic carbocycles. The van der Waals surface area contributed by atoms with Crippen LogP contribution < -0.4 is 10.6 Å². The summed E-state index contributed by atoms with van der Waals surface area (Å²) >= 11 is 1.50. The number of ether oxygens (including phenoxy) is 1. The molecule has 4 heterocycles. The zero-order chi connectivity index (χ0) is 18.9. The number of aliphatic hydroxyl groups is 1. The molecule has 7 nitrogen and oxygen atoms in total. The smallest absolute Gasteiger partial charge is 0.261 e. The van der Waals surface area contributed by atoms with E-state index in [1.54, 1.807) is 0 Å². The van der Waals surface area contributed by atoms with Crippen molar-refractivity contribution in [2.75, 3.05) is 39.4 Å². The summed E-state index contributed by atoms with van der Waals surface area (Å²) in [6.45, 7) is 3.16. The number of fused-ring (bicyclic) bond motifs is 2. The summed E-state index contributed by atoms with van der Waals surface area (Å²) in [4.78, 5) is 28.7. The van der Waals surface area contributed by atoms with E-state index >= 15 is 0 Å². The monoisotopic (exact) mass is 393 g/mol. The average Bonchev–Trinajstić information content (AvgIpc) is 3.37. The van der Waals surface area contributed by atoms with E-state index in [0.717, 1.165) is 43.5 Å². The van der Waals surface area contributed by atoms with Gasteiger partial charge in [-0.2, -0.15) is 0 Å². The van der Waals surface area contributed by atoms with Gasteiger partial charge in [0, 0.05) is 24.5 Å². The lowest BCUT2D eigenvalue weighted by molar-refractivity contribution is -0.142. The number of carbonyl (C=O) groups is 2. The van der Waals surface area contributed by atoms with E-state index in [9.17, 15) is 9.59 Å². The van der Waals surface area contributed by atoms with E-state index in [2.05, 4.69) is 10.6 Å². The molecule has 1 aromatic heterocycles. The summed E-state index contributed by atoms with van der Waals surface area (Å²) in [7, 11) is 0. The van der Waals surface area contributed by atoms with Crippen molar-refractivity contribution in [1.29, 1.82) is 0 Å². The predicted molar refractivity (Wildman–Crippen MR) is 102 cm³/mol. The highest BCUT2D eigenvalue weighted by atomic mass is 32.1. The molecule has 3 N–H and O–H groups in total. The summed E-state index contributed by atoms with van der Waals surface area (Å²) in [6.07, 6.45) is 4.36. The molecule has 3 aliphatic rings. The molecule has 1 atom stereocenters. The minimum absolute atomic E-state index is 0.0227. The van der Waals surface area contributed by atoms with Gasteiger partial charge in [-0.3, -0.25) is 9.59 Å². The summed E-state index contributed by atoms with van der Waals surface area (Å²) in [5, 5.41) is 14.9. The highest BCUT2D eigenvalue weighted by Crippen LogP contribution is 2.45. The molecule has 1 spiro atoms. The molecule has 0 aliphatic carbocycles. The molecule has 27 heavy (non-hydrogen) atoms. The second-order valence-corrected chi connectivity index (χ2v) is 8.56. The van der Waals surface area contributed by atoms with Gasteiger partial charge in [0.25, 0.3) is 5.91 Å². The molecule has 0 bridgehead atoms. The molecule has 148 valence electrons. The van der Waals surface area contributed by atoms with E-state index in [1.807, 2.05) is 11.0 Å². The van der Waals surface area contributed by atoms with Gasteiger partial charge >= 0.3 is 0 Å². The molecule has 2 saturated heterocycles. The van der Waals surface area contributed by atoms with Crippen LogP contribution in [0.5, 0.6) is 0 Å². The van der Waals surface area contributed by atoms with E-state index in [0.29, 0.717) is 24.6 Å². The number of carbonyl (C=O) groups excluding carboxylic acids is 2. The van der Waals surface area contributed by atoms with Gasteiger partial charge in [0.2, 0.25) is 5.91 Å². The highest BCUT2D eigenvalue weighted by Gasteiger charge is 2.44. The van der Waals surface area contributed by atoms with E-state index in [-0.39, 0.29) is 36.6 Å². The van der Waals surface area contributed by atoms with Crippen molar-refractivity contribution in [2.45, 2.75) is 43.7 Å². The maximum atomic E-state index is 12.7. The van der Waals surface area contributed by atoms with Gasteiger partial charge in [-0.15, -0.1) is 11.3 Å². The number of thiophene rings is 1. The SMILES string of the molecule is O=C(NCCO)c1cc2c(s1)C1(CCN(C(=O)C3CCCN3)CC1)OCC2. The lowest BCUT2D eigenvalue weighted by Gasteiger charge is -2.44. The third-order valence-electron chi connectivity index (χ3n) is 5.83. The topological polar surface area (TPSA) is 90.9 Å². The fraction of sp³-hybridized carbons (Fsp3) is 0.684. The number of nitrogens with zero attached hydrogens (tertiary/aromatic N) is 1. The number of rotatable bonds is 4. The molecule has 8 heteroatoms.